The van der Waals surface area contributed by atoms with E-state index < -0.39 is 0 Å². The lowest BCUT2D eigenvalue weighted by Crippen LogP contribution is -2.46. The topological polar surface area (TPSA) is 58.2 Å². The Morgan fingerprint density at radius 3 is 1.36 bits per heavy atom. The summed E-state index contributed by atoms with van der Waals surface area (Å²) in [7, 11) is 0. The van der Waals surface area contributed by atoms with Crippen LogP contribution >= 0.6 is 11.8 Å². The number of benzene rings is 2. The van der Waals surface area contributed by atoms with Crippen LogP contribution in [0.25, 0.3) is 0 Å². The van der Waals surface area contributed by atoms with Gasteiger partial charge in [0, 0.05) is 23.9 Å². The van der Waals surface area contributed by atoms with Crippen LogP contribution in [-0.4, -0.2) is 36.4 Å². The maximum absolute atomic E-state index is 13.2. The lowest BCUT2D eigenvalue weighted by molar-refractivity contribution is -0.119. The zero-order valence-electron chi connectivity index (χ0n) is 18.7. The average molecular weight is 473 g/mol. The molecule has 2 fully saturated rings. The van der Waals surface area contributed by atoms with Crippen molar-refractivity contribution >= 4 is 23.6 Å². The fourth-order valence-corrected chi connectivity index (χ4v) is 5.50. The Morgan fingerprint density at radius 2 is 1.06 bits per heavy atom. The Bertz CT molecular complexity index is 891. The first-order chi connectivity index (χ1) is 15.9. The Kier molecular flexibility index (Phi) is 7.37. The lowest BCUT2D eigenvalue weighted by Gasteiger charge is -2.42. The maximum atomic E-state index is 13.2. The molecule has 0 atom stereocenters. The van der Waals surface area contributed by atoms with Crippen molar-refractivity contribution in [2.24, 2.45) is 0 Å². The number of rotatable bonds is 10. The minimum Gasteiger partial charge on any atom is -0.354 e. The van der Waals surface area contributed by atoms with Gasteiger partial charge in [0.15, 0.2) is 0 Å². The number of hydrogen-bond donors (Lipinski definition) is 2. The van der Waals surface area contributed by atoms with Crippen molar-refractivity contribution < 1.29 is 18.4 Å². The first kappa shape index (κ1) is 23.7. The molecule has 0 radical (unpaired) electrons. The van der Waals surface area contributed by atoms with Crippen LogP contribution < -0.4 is 10.6 Å². The molecule has 0 spiro atoms. The van der Waals surface area contributed by atoms with E-state index in [1.807, 2.05) is 0 Å². The van der Waals surface area contributed by atoms with Crippen molar-refractivity contribution in [2.75, 3.05) is 24.6 Å². The zero-order valence-corrected chi connectivity index (χ0v) is 19.5. The first-order valence-corrected chi connectivity index (χ1v) is 12.7. The molecule has 0 unspecified atom stereocenters. The Hall–Kier alpha value is -2.41. The predicted octanol–water partition coefficient (Wildman–Crippen LogP) is 4.47. The summed E-state index contributed by atoms with van der Waals surface area (Å²) < 4.78 is 26.5. The number of carbonyl (C=O) groups excluding carboxylic acids is 2. The highest BCUT2D eigenvalue weighted by Crippen LogP contribution is 2.44. The van der Waals surface area contributed by atoms with Crippen molar-refractivity contribution in [3.63, 3.8) is 0 Å². The Morgan fingerprint density at radius 1 is 0.697 bits per heavy atom. The highest BCUT2D eigenvalue weighted by molar-refractivity contribution is 8.00. The third-order valence-corrected chi connectivity index (χ3v) is 8.18. The number of carbonyl (C=O) groups is 2. The second kappa shape index (κ2) is 10.2. The summed E-state index contributed by atoms with van der Waals surface area (Å²) in [4.78, 5) is 24.7. The summed E-state index contributed by atoms with van der Waals surface area (Å²) >= 11 is 1.29. The van der Waals surface area contributed by atoms with Crippen LogP contribution in [0.15, 0.2) is 48.5 Å². The molecule has 7 heteroatoms. The highest BCUT2D eigenvalue weighted by Gasteiger charge is 2.39. The quantitative estimate of drug-likeness (QED) is 0.536. The molecule has 176 valence electrons. The smallest absolute Gasteiger partial charge is 0.230 e. The van der Waals surface area contributed by atoms with Crippen molar-refractivity contribution in [1.82, 2.24) is 10.6 Å². The largest absolute Gasteiger partial charge is 0.354 e. The molecule has 2 N–H and O–H groups in total. The summed E-state index contributed by atoms with van der Waals surface area (Å²) in [5.74, 6) is -0.266. The van der Waals surface area contributed by atoms with Crippen molar-refractivity contribution in [3.05, 3.63) is 71.3 Å². The van der Waals surface area contributed by atoms with Gasteiger partial charge in [-0.3, -0.25) is 9.59 Å². The summed E-state index contributed by atoms with van der Waals surface area (Å²) in [6, 6.07) is 13.1. The number of amides is 2. The monoisotopic (exact) mass is 472 g/mol. The number of thioether (sulfide) groups is 1. The molecule has 33 heavy (non-hydrogen) atoms. The molecule has 4 rings (SSSR count). The third-order valence-electron chi connectivity index (χ3n) is 7.25. The predicted molar refractivity (Wildman–Crippen MR) is 127 cm³/mol. The van der Waals surface area contributed by atoms with Gasteiger partial charge in [0.05, 0.1) is 11.5 Å². The van der Waals surface area contributed by atoms with E-state index in [2.05, 4.69) is 10.6 Å². The molecule has 2 aliphatic carbocycles. The molecule has 2 saturated carbocycles. The van der Waals surface area contributed by atoms with Crippen molar-refractivity contribution in [3.8, 4) is 0 Å². The van der Waals surface area contributed by atoms with Gasteiger partial charge in [-0.05, 0) is 61.1 Å². The molecule has 4 nitrogen and oxygen atoms in total. The van der Waals surface area contributed by atoms with Crippen LogP contribution in [0.2, 0.25) is 0 Å². The second-order valence-corrected chi connectivity index (χ2v) is 10.3. The average Bonchev–Trinajstić information content (AvgIpc) is 2.74. The van der Waals surface area contributed by atoms with Crippen molar-refractivity contribution in [2.45, 2.75) is 49.4 Å². The second-order valence-electron chi connectivity index (χ2n) is 9.33. The minimum atomic E-state index is -0.257. The molecule has 0 aromatic heterocycles. The van der Waals surface area contributed by atoms with E-state index in [-0.39, 0.29) is 45.8 Å². The Balaban J connectivity index is 1.18. The van der Waals surface area contributed by atoms with Crippen LogP contribution in [0.5, 0.6) is 0 Å². The van der Waals surface area contributed by atoms with E-state index in [1.165, 1.54) is 36.0 Å². The molecule has 2 aliphatic rings. The van der Waals surface area contributed by atoms with E-state index in [9.17, 15) is 18.4 Å². The fraction of sp³-hybridized carbons (Fsp3) is 0.462. The van der Waals surface area contributed by atoms with Gasteiger partial charge in [0.2, 0.25) is 11.8 Å². The van der Waals surface area contributed by atoms with E-state index in [0.717, 1.165) is 49.7 Å². The number of halogens is 2. The maximum Gasteiger partial charge on any atom is 0.230 e. The van der Waals surface area contributed by atoms with Gasteiger partial charge in [0.1, 0.15) is 11.6 Å². The van der Waals surface area contributed by atoms with Gasteiger partial charge < -0.3 is 10.6 Å². The molecule has 2 aromatic carbocycles. The van der Waals surface area contributed by atoms with Gasteiger partial charge in [-0.25, -0.2) is 8.78 Å². The summed E-state index contributed by atoms with van der Waals surface area (Å²) in [6.45, 7) is 1.06. The molecule has 0 saturated heterocycles. The van der Waals surface area contributed by atoms with Gasteiger partial charge in [-0.2, -0.15) is 0 Å². The van der Waals surface area contributed by atoms with Crippen LogP contribution in [0, 0.1) is 11.6 Å². The standard InChI is InChI=1S/C26H30F2N2O2S/c27-21-7-3-19(4-8-21)25(11-1-12-25)17-29-23(31)15-33-16-24(32)30-18-26(13-2-14-26)20-5-9-22(28)10-6-20/h3-10H,1-2,11-18H2,(H,29,31)(H,30,32). The van der Waals surface area contributed by atoms with E-state index in [0.29, 0.717) is 13.1 Å². The summed E-state index contributed by atoms with van der Waals surface area (Å²) in [5, 5.41) is 5.99. The van der Waals surface area contributed by atoms with Crippen molar-refractivity contribution in [1.29, 1.82) is 0 Å². The van der Waals surface area contributed by atoms with E-state index in [1.54, 1.807) is 24.3 Å². The van der Waals surface area contributed by atoms with Gasteiger partial charge in [-0.1, -0.05) is 37.1 Å². The molecule has 0 bridgehead atoms. The number of hydrogen-bond acceptors (Lipinski definition) is 3. The SMILES string of the molecule is O=C(CSCC(=O)NCC1(c2ccc(F)cc2)CCC1)NCC1(c2ccc(F)cc2)CCC1. The molecule has 0 aliphatic heterocycles. The van der Waals surface area contributed by atoms with Gasteiger partial charge in [0.25, 0.3) is 0 Å². The molecular formula is C26H30F2N2O2S. The molecule has 2 aromatic rings. The molecule has 2 amide bonds. The van der Waals surface area contributed by atoms with Crippen LogP contribution in [0.3, 0.4) is 0 Å². The van der Waals surface area contributed by atoms with E-state index in [4.69, 9.17) is 0 Å². The summed E-state index contributed by atoms with van der Waals surface area (Å²) in [5.41, 5.74) is 1.91. The third kappa shape index (κ3) is 5.57. The fourth-order valence-electron chi connectivity index (χ4n) is 4.82. The summed E-state index contributed by atoms with van der Waals surface area (Å²) in [6.07, 6.45) is 6.10. The van der Waals surface area contributed by atoms with Crippen LogP contribution in [0.4, 0.5) is 8.78 Å². The number of nitrogens with one attached hydrogen (secondary N) is 2. The minimum absolute atomic E-state index is 0.0945. The molecule has 0 heterocycles. The van der Waals surface area contributed by atoms with Gasteiger partial charge in [-0.15, -0.1) is 11.8 Å². The van der Waals surface area contributed by atoms with E-state index >= 15 is 0 Å². The highest BCUT2D eigenvalue weighted by atomic mass is 32.2. The van der Waals surface area contributed by atoms with Gasteiger partial charge >= 0.3 is 0 Å². The first-order valence-electron chi connectivity index (χ1n) is 11.5. The van der Waals surface area contributed by atoms with Crippen LogP contribution in [0.1, 0.15) is 49.7 Å². The molecular weight excluding hydrogens is 442 g/mol. The Labute approximate surface area is 197 Å². The zero-order chi connectivity index (χ0) is 23.3. The normalized spacial score (nSPS) is 18.0. The lowest BCUT2D eigenvalue weighted by atomic mass is 9.64. The van der Waals surface area contributed by atoms with Crippen LogP contribution in [-0.2, 0) is 20.4 Å².